The van der Waals surface area contributed by atoms with E-state index in [-0.39, 0.29) is 10.6 Å². The van der Waals surface area contributed by atoms with E-state index in [4.69, 9.17) is 0 Å². The van der Waals surface area contributed by atoms with Crippen LogP contribution >= 0.6 is 0 Å². The van der Waals surface area contributed by atoms with Gasteiger partial charge in [-0.2, -0.15) is 0 Å². The van der Waals surface area contributed by atoms with Crippen molar-refractivity contribution in [3.8, 4) is 0 Å². The lowest BCUT2D eigenvalue weighted by atomic mass is 10.0. The van der Waals surface area contributed by atoms with Gasteiger partial charge in [-0.25, -0.2) is 8.42 Å². The lowest BCUT2D eigenvalue weighted by molar-refractivity contribution is -0.387. The Labute approximate surface area is 130 Å². The fraction of sp³-hybridized carbons (Fsp3) is 0.571. The number of rotatable bonds is 4. The Morgan fingerprint density at radius 2 is 2.05 bits per heavy atom. The predicted molar refractivity (Wildman–Crippen MR) is 85.1 cm³/mol. The molecule has 0 radical (unpaired) electrons. The number of likely N-dealkylation sites (N-methyl/N-ethyl adjacent to an activating group) is 1. The summed E-state index contributed by atoms with van der Waals surface area (Å²) in [6.45, 7) is 1.35. The summed E-state index contributed by atoms with van der Waals surface area (Å²) >= 11 is 0. The van der Waals surface area contributed by atoms with Crippen LogP contribution in [-0.4, -0.2) is 57.7 Å². The molecule has 1 fully saturated rings. The van der Waals surface area contributed by atoms with E-state index in [0.29, 0.717) is 24.8 Å². The van der Waals surface area contributed by atoms with Crippen molar-refractivity contribution in [2.24, 2.45) is 0 Å². The van der Waals surface area contributed by atoms with Gasteiger partial charge < -0.3 is 9.80 Å². The largest absolute Gasteiger partial charge is 0.364 e. The number of nitro benzene ring substituents is 1. The number of para-hydroxylation sites is 1. The van der Waals surface area contributed by atoms with Crippen LogP contribution in [0.15, 0.2) is 23.1 Å². The second-order valence-electron chi connectivity index (χ2n) is 5.86. The van der Waals surface area contributed by atoms with Crippen LogP contribution in [0.3, 0.4) is 0 Å². The molecule has 122 valence electrons. The molecule has 0 amide bonds. The molecule has 7 nitrogen and oxygen atoms in total. The first-order chi connectivity index (χ1) is 10.2. The van der Waals surface area contributed by atoms with Gasteiger partial charge >= 0.3 is 5.69 Å². The Morgan fingerprint density at radius 1 is 1.36 bits per heavy atom. The van der Waals surface area contributed by atoms with E-state index in [2.05, 4.69) is 4.90 Å². The van der Waals surface area contributed by atoms with Gasteiger partial charge in [-0.05, 0) is 39.1 Å². The number of piperidine rings is 1. The van der Waals surface area contributed by atoms with Gasteiger partial charge in [0.25, 0.3) is 0 Å². The number of anilines is 1. The molecule has 1 aromatic carbocycles. The highest BCUT2D eigenvalue weighted by molar-refractivity contribution is 7.90. The summed E-state index contributed by atoms with van der Waals surface area (Å²) in [5.41, 5.74) is 0.0730. The van der Waals surface area contributed by atoms with Gasteiger partial charge in [0.1, 0.15) is 10.6 Å². The zero-order valence-electron chi connectivity index (χ0n) is 13.0. The molecule has 22 heavy (non-hydrogen) atoms. The second-order valence-corrected chi connectivity index (χ2v) is 7.84. The number of hydrogen-bond donors (Lipinski definition) is 0. The lowest BCUT2D eigenvalue weighted by Gasteiger charge is -2.37. The SMILES string of the molecule is CN(C)C1CCCN(c2cccc(S(C)(=O)=O)c2[N+](=O)[O-])C1. The Bertz CT molecular complexity index is 673. The minimum absolute atomic E-state index is 0.220. The molecule has 0 saturated carbocycles. The van der Waals surface area contributed by atoms with Crippen LogP contribution < -0.4 is 4.90 Å². The topological polar surface area (TPSA) is 83.8 Å². The molecule has 0 spiro atoms. The van der Waals surface area contributed by atoms with E-state index in [1.54, 1.807) is 12.1 Å². The van der Waals surface area contributed by atoms with E-state index in [9.17, 15) is 18.5 Å². The minimum Gasteiger partial charge on any atom is -0.364 e. The van der Waals surface area contributed by atoms with E-state index >= 15 is 0 Å². The maximum absolute atomic E-state index is 11.8. The molecule has 1 aliphatic rings. The molecule has 1 unspecified atom stereocenters. The number of nitro groups is 1. The molecule has 8 heteroatoms. The quantitative estimate of drug-likeness (QED) is 0.616. The Kier molecular flexibility index (Phi) is 4.72. The molecule has 0 bridgehead atoms. The zero-order chi connectivity index (χ0) is 16.5. The molecule has 1 aliphatic heterocycles. The molecular weight excluding hydrogens is 306 g/mol. The third-order valence-corrected chi connectivity index (χ3v) is 5.16. The first-order valence-electron chi connectivity index (χ1n) is 7.10. The maximum atomic E-state index is 11.8. The fourth-order valence-electron chi connectivity index (χ4n) is 2.84. The van der Waals surface area contributed by atoms with E-state index in [1.165, 1.54) is 6.07 Å². The Morgan fingerprint density at radius 3 is 2.59 bits per heavy atom. The molecular formula is C14H21N3O4S. The van der Waals surface area contributed by atoms with Crippen LogP contribution in [0.5, 0.6) is 0 Å². The summed E-state index contributed by atoms with van der Waals surface area (Å²) in [6, 6.07) is 4.79. The predicted octanol–water partition coefficient (Wildman–Crippen LogP) is 1.53. The number of benzene rings is 1. The number of nitrogens with zero attached hydrogens (tertiary/aromatic N) is 3. The highest BCUT2D eigenvalue weighted by Gasteiger charge is 2.31. The van der Waals surface area contributed by atoms with Crippen molar-refractivity contribution >= 4 is 21.2 Å². The molecule has 1 atom stereocenters. The monoisotopic (exact) mass is 327 g/mol. The number of sulfone groups is 1. The van der Waals surface area contributed by atoms with Crippen molar-refractivity contribution in [1.29, 1.82) is 0 Å². The highest BCUT2D eigenvalue weighted by atomic mass is 32.2. The van der Waals surface area contributed by atoms with E-state index in [0.717, 1.165) is 19.1 Å². The van der Waals surface area contributed by atoms with Gasteiger partial charge in [0, 0.05) is 25.4 Å². The van der Waals surface area contributed by atoms with Gasteiger partial charge in [-0.3, -0.25) is 10.1 Å². The van der Waals surface area contributed by atoms with Crippen molar-refractivity contribution in [3.05, 3.63) is 28.3 Å². The summed E-state index contributed by atoms with van der Waals surface area (Å²) in [5, 5.41) is 11.5. The van der Waals surface area contributed by atoms with Crippen LogP contribution in [0.4, 0.5) is 11.4 Å². The third kappa shape index (κ3) is 3.38. The molecule has 2 rings (SSSR count). The molecule has 1 saturated heterocycles. The van der Waals surface area contributed by atoms with Gasteiger partial charge in [0.15, 0.2) is 9.84 Å². The van der Waals surface area contributed by atoms with Crippen molar-refractivity contribution in [2.75, 3.05) is 38.3 Å². The highest BCUT2D eigenvalue weighted by Crippen LogP contribution is 2.36. The molecule has 0 N–H and O–H groups in total. The van der Waals surface area contributed by atoms with Crippen molar-refractivity contribution in [3.63, 3.8) is 0 Å². The molecule has 1 aromatic rings. The molecule has 1 heterocycles. The van der Waals surface area contributed by atoms with Crippen molar-refractivity contribution in [2.45, 2.75) is 23.8 Å². The van der Waals surface area contributed by atoms with Gasteiger partial charge in [-0.1, -0.05) is 6.07 Å². The zero-order valence-corrected chi connectivity index (χ0v) is 13.8. The summed E-state index contributed by atoms with van der Waals surface area (Å²) in [4.78, 5) is 14.7. The summed E-state index contributed by atoms with van der Waals surface area (Å²) < 4.78 is 23.7. The summed E-state index contributed by atoms with van der Waals surface area (Å²) in [6.07, 6.45) is 2.95. The average molecular weight is 327 g/mol. The number of hydrogen-bond acceptors (Lipinski definition) is 6. The van der Waals surface area contributed by atoms with Gasteiger partial charge in [0.05, 0.1) is 4.92 Å². The first-order valence-corrected chi connectivity index (χ1v) is 9.00. The van der Waals surface area contributed by atoms with Crippen LogP contribution in [0.1, 0.15) is 12.8 Å². The van der Waals surface area contributed by atoms with Gasteiger partial charge in [-0.15, -0.1) is 0 Å². The maximum Gasteiger partial charge on any atom is 0.311 e. The van der Waals surface area contributed by atoms with Crippen LogP contribution in [-0.2, 0) is 9.84 Å². The average Bonchev–Trinajstić information content (AvgIpc) is 2.45. The van der Waals surface area contributed by atoms with E-state index in [1.807, 2.05) is 19.0 Å². The minimum atomic E-state index is -3.65. The summed E-state index contributed by atoms with van der Waals surface area (Å²) in [7, 11) is 0.315. The second kappa shape index (κ2) is 6.21. The Balaban J connectivity index is 2.49. The van der Waals surface area contributed by atoms with Crippen LogP contribution in [0.25, 0.3) is 0 Å². The fourth-order valence-corrected chi connectivity index (χ4v) is 3.70. The first kappa shape index (κ1) is 16.7. The molecule has 0 aliphatic carbocycles. The summed E-state index contributed by atoms with van der Waals surface area (Å²) in [5.74, 6) is 0. The Hall–Kier alpha value is -1.67. The van der Waals surface area contributed by atoms with Crippen molar-refractivity contribution < 1.29 is 13.3 Å². The van der Waals surface area contributed by atoms with Gasteiger partial charge in [0.2, 0.25) is 0 Å². The standard InChI is InChI=1S/C14H21N3O4S/c1-15(2)11-6-5-9-16(10-11)12-7-4-8-13(22(3,20)21)14(12)17(18)19/h4,7-8,11H,5-6,9-10H2,1-3H3. The van der Waals surface area contributed by atoms with Crippen LogP contribution in [0, 0.1) is 10.1 Å². The van der Waals surface area contributed by atoms with Crippen LogP contribution in [0.2, 0.25) is 0 Å². The smallest absolute Gasteiger partial charge is 0.311 e. The molecule has 0 aromatic heterocycles. The third-order valence-electron chi connectivity index (χ3n) is 4.03. The van der Waals surface area contributed by atoms with E-state index < -0.39 is 14.8 Å². The van der Waals surface area contributed by atoms with Crippen molar-refractivity contribution in [1.82, 2.24) is 4.90 Å². The normalized spacial score (nSPS) is 19.5. The lowest BCUT2D eigenvalue weighted by Crippen LogP contribution is -2.45.